The molecule has 3 nitrogen and oxygen atoms in total. The Kier molecular flexibility index (Phi) is 4.13. The van der Waals surface area contributed by atoms with Crippen LogP contribution in [-0.2, 0) is 6.42 Å². The Hall–Kier alpha value is -1.39. The van der Waals surface area contributed by atoms with Crippen LogP contribution >= 0.6 is 46.4 Å². The first-order valence-electron chi connectivity index (χ1n) is 7.32. The Morgan fingerprint density at radius 3 is 2.42 bits per heavy atom. The van der Waals surface area contributed by atoms with E-state index in [9.17, 15) is 0 Å². The van der Waals surface area contributed by atoms with Crippen LogP contribution in [0.25, 0.3) is 16.9 Å². The van der Waals surface area contributed by atoms with Crippen molar-refractivity contribution in [1.82, 2.24) is 9.78 Å². The summed E-state index contributed by atoms with van der Waals surface area (Å²) >= 11 is 25.1. The molecule has 0 aliphatic carbocycles. The molecule has 0 fully saturated rings. The summed E-state index contributed by atoms with van der Waals surface area (Å²) in [5.41, 5.74) is 3.35. The van der Waals surface area contributed by atoms with Gasteiger partial charge in [-0.1, -0.05) is 52.5 Å². The molecule has 2 aromatic carbocycles. The Labute approximate surface area is 159 Å². The van der Waals surface area contributed by atoms with E-state index < -0.39 is 0 Å². The van der Waals surface area contributed by atoms with Crippen molar-refractivity contribution in [3.05, 3.63) is 62.1 Å². The topological polar surface area (TPSA) is 29.9 Å². The summed E-state index contributed by atoms with van der Waals surface area (Å²) in [4.78, 5) is 0. The number of nitrogens with one attached hydrogen (secondary N) is 1. The van der Waals surface area contributed by atoms with E-state index in [-0.39, 0.29) is 0 Å². The molecule has 0 spiro atoms. The van der Waals surface area contributed by atoms with Crippen LogP contribution in [0.3, 0.4) is 0 Å². The molecule has 1 aliphatic rings. The van der Waals surface area contributed by atoms with Crippen LogP contribution in [-0.4, -0.2) is 16.3 Å². The maximum atomic E-state index is 6.38. The first-order chi connectivity index (χ1) is 11.6. The molecule has 1 aliphatic heterocycles. The zero-order chi connectivity index (χ0) is 16.8. The van der Waals surface area contributed by atoms with Gasteiger partial charge in [0.25, 0.3) is 0 Å². The van der Waals surface area contributed by atoms with Crippen molar-refractivity contribution < 1.29 is 0 Å². The second-order valence-electron chi connectivity index (χ2n) is 5.46. The van der Waals surface area contributed by atoms with Crippen molar-refractivity contribution >= 4 is 52.2 Å². The Balaban J connectivity index is 1.96. The van der Waals surface area contributed by atoms with Gasteiger partial charge in [0.1, 0.15) is 11.5 Å². The fourth-order valence-corrected chi connectivity index (χ4v) is 3.99. The van der Waals surface area contributed by atoms with Crippen LogP contribution in [0.5, 0.6) is 0 Å². The van der Waals surface area contributed by atoms with Crippen molar-refractivity contribution in [3.8, 4) is 16.9 Å². The molecule has 1 aromatic heterocycles. The zero-order valence-electron chi connectivity index (χ0n) is 12.3. The summed E-state index contributed by atoms with van der Waals surface area (Å²) in [6.45, 7) is 0.827. The molecule has 3 aromatic rings. The minimum Gasteiger partial charge on any atom is -0.369 e. The first kappa shape index (κ1) is 16.1. The molecule has 24 heavy (non-hydrogen) atoms. The van der Waals surface area contributed by atoms with E-state index in [0.29, 0.717) is 20.1 Å². The van der Waals surface area contributed by atoms with Gasteiger partial charge in [0.2, 0.25) is 0 Å². The van der Waals surface area contributed by atoms with E-state index in [4.69, 9.17) is 51.5 Å². The zero-order valence-corrected chi connectivity index (χ0v) is 15.3. The number of halogens is 4. The van der Waals surface area contributed by atoms with Gasteiger partial charge < -0.3 is 5.32 Å². The van der Waals surface area contributed by atoms with Crippen LogP contribution in [0.4, 0.5) is 5.82 Å². The van der Waals surface area contributed by atoms with Crippen molar-refractivity contribution in [2.45, 2.75) is 6.42 Å². The van der Waals surface area contributed by atoms with E-state index in [1.165, 1.54) is 0 Å². The molecule has 122 valence electrons. The molecule has 0 saturated heterocycles. The third-order valence-electron chi connectivity index (χ3n) is 3.99. The number of aromatic nitrogens is 2. The molecular formula is C17H11Cl4N3. The molecular weight excluding hydrogens is 388 g/mol. The summed E-state index contributed by atoms with van der Waals surface area (Å²) < 4.78 is 1.79. The van der Waals surface area contributed by atoms with E-state index >= 15 is 0 Å². The van der Waals surface area contributed by atoms with Crippen molar-refractivity contribution in [3.63, 3.8) is 0 Å². The average Bonchev–Trinajstić information content (AvgIpc) is 3.11. The third-order valence-corrected chi connectivity index (χ3v) is 5.16. The lowest BCUT2D eigenvalue weighted by Gasteiger charge is -2.09. The van der Waals surface area contributed by atoms with Crippen molar-refractivity contribution in [1.29, 1.82) is 0 Å². The first-order valence-corrected chi connectivity index (χ1v) is 8.83. The summed E-state index contributed by atoms with van der Waals surface area (Å²) in [7, 11) is 0. The second kappa shape index (κ2) is 6.16. The normalized spacial score (nSPS) is 13.0. The van der Waals surface area contributed by atoms with Crippen molar-refractivity contribution in [2.24, 2.45) is 0 Å². The molecule has 0 radical (unpaired) electrons. The third kappa shape index (κ3) is 2.56. The summed E-state index contributed by atoms with van der Waals surface area (Å²) in [5.74, 6) is 0.908. The van der Waals surface area contributed by atoms with E-state index in [2.05, 4.69) is 5.32 Å². The molecule has 7 heteroatoms. The fourth-order valence-electron chi connectivity index (χ4n) is 2.93. The summed E-state index contributed by atoms with van der Waals surface area (Å²) in [5, 5.41) is 10.4. The number of anilines is 1. The summed E-state index contributed by atoms with van der Waals surface area (Å²) in [6.07, 6.45) is 0.845. The van der Waals surface area contributed by atoms with E-state index in [1.54, 1.807) is 16.8 Å². The lowest BCUT2D eigenvalue weighted by Crippen LogP contribution is -2.05. The van der Waals surface area contributed by atoms with Gasteiger partial charge in [0, 0.05) is 22.7 Å². The number of benzene rings is 2. The Morgan fingerprint density at radius 1 is 0.958 bits per heavy atom. The van der Waals surface area contributed by atoms with Gasteiger partial charge in [-0.3, -0.25) is 0 Å². The lowest BCUT2D eigenvalue weighted by molar-refractivity contribution is 0.883. The van der Waals surface area contributed by atoms with Gasteiger partial charge in [0.15, 0.2) is 0 Å². The molecule has 0 saturated carbocycles. The van der Waals surface area contributed by atoms with Gasteiger partial charge >= 0.3 is 0 Å². The monoisotopic (exact) mass is 397 g/mol. The van der Waals surface area contributed by atoms with Crippen LogP contribution in [0.2, 0.25) is 20.1 Å². The highest BCUT2D eigenvalue weighted by Crippen LogP contribution is 2.41. The standard InChI is InChI=1S/C17H11Cl4N3/c18-9-4-5-14(13(21)8-9)24-17-10(6-7-22-17)16(23-24)15-11(19)2-1-3-12(15)20/h1-5,8,22H,6-7H2. The highest BCUT2D eigenvalue weighted by atomic mass is 35.5. The van der Waals surface area contributed by atoms with Gasteiger partial charge in [-0.05, 0) is 36.8 Å². The minimum atomic E-state index is 0.526. The van der Waals surface area contributed by atoms with Crippen LogP contribution in [0.15, 0.2) is 36.4 Å². The maximum Gasteiger partial charge on any atom is 0.133 e. The number of hydrogen-bond donors (Lipinski definition) is 1. The minimum absolute atomic E-state index is 0.526. The molecule has 4 rings (SSSR count). The molecule has 0 amide bonds. The number of fused-ring (bicyclic) bond motifs is 1. The fraction of sp³-hybridized carbons (Fsp3) is 0.118. The molecule has 0 bridgehead atoms. The second-order valence-corrected chi connectivity index (χ2v) is 7.11. The van der Waals surface area contributed by atoms with E-state index in [1.807, 2.05) is 24.3 Å². The van der Waals surface area contributed by atoms with Gasteiger partial charge in [-0.25, -0.2) is 4.68 Å². The quantitative estimate of drug-likeness (QED) is 0.563. The molecule has 0 atom stereocenters. The van der Waals surface area contributed by atoms with Crippen LogP contribution in [0.1, 0.15) is 5.56 Å². The Morgan fingerprint density at radius 2 is 1.71 bits per heavy atom. The number of rotatable bonds is 2. The smallest absolute Gasteiger partial charge is 0.133 e. The molecule has 2 heterocycles. The average molecular weight is 399 g/mol. The maximum absolute atomic E-state index is 6.38. The highest BCUT2D eigenvalue weighted by molar-refractivity contribution is 6.39. The van der Waals surface area contributed by atoms with Gasteiger partial charge in [-0.2, -0.15) is 5.10 Å². The predicted molar refractivity (Wildman–Crippen MR) is 101 cm³/mol. The highest BCUT2D eigenvalue weighted by Gasteiger charge is 2.27. The summed E-state index contributed by atoms with van der Waals surface area (Å²) in [6, 6.07) is 10.8. The van der Waals surface area contributed by atoms with Crippen molar-refractivity contribution in [2.75, 3.05) is 11.9 Å². The van der Waals surface area contributed by atoms with Gasteiger partial charge in [0.05, 0.1) is 20.8 Å². The SMILES string of the molecule is Clc1ccc(-n2nc(-c3c(Cl)cccc3Cl)c3c2NCC3)c(Cl)c1. The molecule has 0 unspecified atom stereocenters. The number of hydrogen-bond acceptors (Lipinski definition) is 2. The molecule has 1 N–H and O–H groups in total. The van der Waals surface area contributed by atoms with Crippen LogP contribution < -0.4 is 5.32 Å². The number of nitrogens with zero attached hydrogens (tertiary/aromatic N) is 2. The lowest BCUT2D eigenvalue weighted by atomic mass is 10.1. The van der Waals surface area contributed by atoms with Gasteiger partial charge in [-0.15, -0.1) is 0 Å². The predicted octanol–water partition coefficient (Wildman–Crippen LogP) is 6.12. The largest absolute Gasteiger partial charge is 0.369 e. The van der Waals surface area contributed by atoms with E-state index in [0.717, 1.165) is 41.3 Å². The Bertz CT molecular complexity index is 929. The van der Waals surface area contributed by atoms with Crippen LogP contribution in [0, 0.1) is 0 Å².